The van der Waals surface area contributed by atoms with Gasteiger partial charge in [-0.1, -0.05) is 18.2 Å². The van der Waals surface area contributed by atoms with Gasteiger partial charge in [-0.3, -0.25) is 0 Å². The molecule has 4 heteroatoms. The predicted octanol–water partition coefficient (Wildman–Crippen LogP) is 2.66. The Morgan fingerprint density at radius 3 is 2.60 bits per heavy atom. The normalized spacial score (nSPS) is 11.9. The number of nitrogens with zero attached hydrogens (tertiary/aromatic N) is 1. The van der Waals surface area contributed by atoms with Crippen LogP contribution in [0.1, 0.15) is 19.4 Å². The van der Waals surface area contributed by atoms with Crippen molar-refractivity contribution in [2.75, 3.05) is 7.11 Å². The number of rotatable bonds is 4. The van der Waals surface area contributed by atoms with Crippen LogP contribution < -0.4 is 15.8 Å². The summed E-state index contributed by atoms with van der Waals surface area (Å²) in [7, 11) is 1.68. The molecule has 106 valence electrons. The Kier molecular flexibility index (Phi) is 4.45. The minimum atomic E-state index is 0.294. The van der Waals surface area contributed by atoms with Gasteiger partial charge in [0.25, 0.3) is 0 Å². The number of nitrogens with one attached hydrogen (secondary N) is 1. The number of methoxy groups -OCH3 is 1. The van der Waals surface area contributed by atoms with Crippen molar-refractivity contribution in [1.82, 2.24) is 5.32 Å². The van der Waals surface area contributed by atoms with Crippen LogP contribution in [0.15, 0.2) is 41.4 Å². The summed E-state index contributed by atoms with van der Waals surface area (Å²) in [4.78, 5) is 4.33. The Labute approximate surface area is 119 Å². The van der Waals surface area contributed by atoms with E-state index < -0.39 is 0 Å². The zero-order valence-electron chi connectivity index (χ0n) is 12.2. The van der Waals surface area contributed by atoms with Crippen LogP contribution >= 0.6 is 0 Å². The third-order valence-corrected chi connectivity index (χ3v) is 2.98. The first-order valence-corrected chi connectivity index (χ1v) is 6.71. The molecular weight excluding hydrogens is 250 g/mol. The average Bonchev–Trinajstić information content (AvgIpc) is 2.43. The second kappa shape index (κ2) is 6.28. The molecule has 0 amide bonds. The number of hydrogen-bond donors (Lipinski definition) is 2. The van der Waals surface area contributed by atoms with E-state index in [4.69, 9.17) is 10.5 Å². The van der Waals surface area contributed by atoms with Crippen molar-refractivity contribution in [1.29, 1.82) is 0 Å². The van der Waals surface area contributed by atoms with Gasteiger partial charge in [-0.2, -0.15) is 0 Å². The van der Waals surface area contributed by atoms with Crippen molar-refractivity contribution < 1.29 is 4.74 Å². The smallest absolute Gasteiger partial charge is 0.189 e. The van der Waals surface area contributed by atoms with Gasteiger partial charge in [0.1, 0.15) is 5.75 Å². The fraction of sp³-hybridized carbons (Fsp3) is 0.312. The van der Waals surface area contributed by atoms with E-state index in [1.165, 1.54) is 5.39 Å². The first kappa shape index (κ1) is 14.2. The maximum absolute atomic E-state index is 5.80. The fourth-order valence-corrected chi connectivity index (χ4v) is 2.02. The van der Waals surface area contributed by atoms with Gasteiger partial charge in [0.2, 0.25) is 0 Å². The standard InChI is InChI=1S/C16H21N3O/c1-11(2)19-16(17)18-10-12-4-5-14-9-15(20-3)7-6-13(14)8-12/h4-9,11H,10H2,1-3H3,(H3,17,18,19). The van der Waals surface area contributed by atoms with Crippen LogP contribution in [0.3, 0.4) is 0 Å². The number of aliphatic imine (C=N–C) groups is 1. The number of hydrogen-bond acceptors (Lipinski definition) is 2. The highest BCUT2D eigenvalue weighted by Crippen LogP contribution is 2.22. The first-order valence-electron chi connectivity index (χ1n) is 6.71. The number of guanidine groups is 1. The lowest BCUT2D eigenvalue weighted by Gasteiger charge is -2.08. The van der Waals surface area contributed by atoms with E-state index in [0.717, 1.165) is 16.7 Å². The molecule has 2 rings (SSSR count). The van der Waals surface area contributed by atoms with Gasteiger partial charge in [-0.05, 0) is 48.4 Å². The molecule has 3 N–H and O–H groups in total. The topological polar surface area (TPSA) is 59.6 Å². The van der Waals surface area contributed by atoms with Crippen LogP contribution in [0.25, 0.3) is 10.8 Å². The molecule has 0 aliphatic heterocycles. The first-order chi connectivity index (χ1) is 9.58. The largest absolute Gasteiger partial charge is 0.497 e. The van der Waals surface area contributed by atoms with Gasteiger partial charge in [-0.25, -0.2) is 4.99 Å². The monoisotopic (exact) mass is 271 g/mol. The maximum atomic E-state index is 5.80. The summed E-state index contributed by atoms with van der Waals surface area (Å²) in [5.74, 6) is 1.35. The van der Waals surface area contributed by atoms with Gasteiger partial charge < -0.3 is 15.8 Å². The summed E-state index contributed by atoms with van der Waals surface area (Å²) in [6.45, 7) is 4.64. The summed E-state index contributed by atoms with van der Waals surface area (Å²) < 4.78 is 5.22. The van der Waals surface area contributed by atoms with Crippen molar-refractivity contribution in [2.45, 2.75) is 26.4 Å². The number of nitrogens with two attached hydrogens (primary N) is 1. The second-order valence-electron chi connectivity index (χ2n) is 5.05. The molecule has 0 fully saturated rings. The quantitative estimate of drug-likeness (QED) is 0.664. The SMILES string of the molecule is COc1ccc2cc(CN=C(N)NC(C)C)ccc2c1. The van der Waals surface area contributed by atoms with E-state index in [9.17, 15) is 0 Å². The van der Waals surface area contributed by atoms with Crippen molar-refractivity contribution in [3.63, 3.8) is 0 Å². The fourth-order valence-electron chi connectivity index (χ4n) is 2.02. The zero-order chi connectivity index (χ0) is 14.5. The highest BCUT2D eigenvalue weighted by Gasteiger charge is 2.00. The Hall–Kier alpha value is -2.23. The molecule has 0 atom stereocenters. The summed E-state index contributed by atoms with van der Waals surface area (Å²) in [5, 5.41) is 5.41. The van der Waals surface area contributed by atoms with Crippen molar-refractivity contribution in [3.05, 3.63) is 42.0 Å². The molecule has 0 bridgehead atoms. The molecule has 0 spiro atoms. The van der Waals surface area contributed by atoms with Gasteiger partial charge >= 0.3 is 0 Å². The molecule has 0 saturated heterocycles. The van der Waals surface area contributed by atoms with E-state index in [-0.39, 0.29) is 0 Å². The molecule has 4 nitrogen and oxygen atoms in total. The van der Waals surface area contributed by atoms with Crippen LogP contribution in [-0.2, 0) is 6.54 Å². The lowest BCUT2D eigenvalue weighted by molar-refractivity contribution is 0.415. The van der Waals surface area contributed by atoms with E-state index in [2.05, 4.69) is 34.6 Å². The zero-order valence-corrected chi connectivity index (χ0v) is 12.2. The predicted molar refractivity (Wildman–Crippen MR) is 84.1 cm³/mol. The van der Waals surface area contributed by atoms with E-state index in [1.54, 1.807) is 7.11 Å². The molecule has 0 aliphatic rings. The highest BCUT2D eigenvalue weighted by molar-refractivity contribution is 5.84. The van der Waals surface area contributed by atoms with Crippen LogP contribution in [0.4, 0.5) is 0 Å². The van der Waals surface area contributed by atoms with E-state index >= 15 is 0 Å². The molecule has 20 heavy (non-hydrogen) atoms. The molecule has 2 aromatic carbocycles. The van der Waals surface area contributed by atoms with E-state index in [0.29, 0.717) is 18.5 Å². The Balaban J connectivity index is 2.16. The van der Waals surface area contributed by atoms with Crippen molar-refractivity contribution >= 4 is 16.7 Å². The van der Waals surface area contributed by atoms with Crippen molar-refractivity contribution in [3.8, 4) is 5.75 Å². The third-order valence-electron chi connectivity index (χ3n) is 2.98. The molecule has 0 saturated carbocycles. The molecule has 0 radical (unpaired) electrons. The van der Waals surface area contributed by atoms with Crippen LogP contribution in [-0.4, -0.2) is 19.1 Å². The van der Waals surface area contributed by atoms with Gasteiger partial charge in [0.15, 0.2) is 5.96 Å². The van der Waals surface area contributed by atoms with Crippen LogP contribution in [0, 0.1) is 0 Å². The highest BCUT2D eigenvalue weighted by atomic mass is 16.5. The minimum absolute atomic E-state index is 0.294. The summed E-state index contributed by atoms with van der Waals surface area (Å²) in [6, 6.07) is 12.6. The van der Waals surface area contributed by atoms with Gasteiger partial charge in [-0.15, -0.1) is 0 Å². The van der Waals surface area contributed by atoms with Gasteiger partial charge in [0, 0.05) is 6.04 Å². The van der Waals surface area contributed by atoms with Crippen LogP contribution in [0.5, 0.6) is 5.75 Å². The third kappa shape index (κ3) is 3.63. The Bertz CT molecular complexity index is 620. The van der Waals surface area contributed by atoms with E-state index in [1.807, 2.05) is 26.0 Å². The molecule has 0 heterocycles. The molecule has 2 aromatic rings. The molecule has 0 unspecified atom stereocenters. The van der Waals surface area contributed by atoms with Crippen molar-refractivity contribution in [2.24, 2.45) is 10.7 Å². The lowest BCUT2D eigenvalue weighted by Crippen LogP contribution is -2.36. The Morgan fingerprint density at radius 2 is 1.90 bits per heavy atom. The second-order valence-corrected chi connectivity index (χ2v) is 5.05. The summed E-state index contributed by atoms with van der Waals surface area (Å²) >= 11 is 0. The number of ether oxygens (including phenoxy) is 1. The Morgan fingerprint density at radius 1 is 1.20 bits per heavy atom. The molecule has 0 aromatic heterocycles. The lowest BCUT2D eigenvalue weighted by atomic mass is 10.1. The molecule has 0 aliphatic carbocycles. The maximum Gasteiger partial charge on any atom is 0.189 e. The summed E-state index contributed by atoms with van der Waals surface area (Å²) in [6.07, 6.45) is 0. The van der Waals surface area contributed by atoms with Gasteiger partial charge in [0.05, 0.1) is 13.7 Å². The minimum Gasteiger partial charge on any atom is -0.497 e. The average molecular weight is 271 g/mol. The summed E-state index contributed by atoms with van der Waals surface area (Å²) in [5.41, 5.74) is 6.93. The molecular formula is C16H21N3O. The van der Waals surface area contributed by atoms with Crippen LogP contribution in [0.2, 0.25) is 0 Å². The number of benzene rings is 2. The number of fused-ring (bicyclic) bond motifs is 1.